The molecule has 4 N–H and O–H groups in total. The molecule has 0 saturated heterocycles. The van der Waals surface area contributed by atoms with Crippen molar-refractivity contribution >= 4 is 28.8 Å². The number of rotatable bonds is 2. The van der Waals surface area contributed by atoms with Crippen LogP contribution in [0.1, 0.15) is 44.4 Å². The molecule has 1 aromatic rings. The molecule has 8 nitrogen and oxygen atoms in total. The molecule has 1 atom stereocenters. The quantitative estimate of drug-likeness (QED) is 0.428. The Morgan fingerprint density at radius 3 is 2.92 bits per heavy atom. The van der Waals surface area contributed by atoms with Crippen LogP contribution in [0.25, 0.3) is 0 Å². The summed E-state index contributed by atoms with van der Waals surface area (Å²) in [7, 11) is 0. The van der Waals surface area contributed by atoms with Gasteiger partial charge in [-0.2, -0.15) is 9.84 Å². The standard InChI is InChI=1S/C15H21N5O3S/c1-14(2)12(10-6-5-9-24-10)19(22)15(20(14)23)8-4-3-7-11(15)17-18-13(16)21/h5-6,9,23H,3-4,7-8H2,1-2H3,(H3,16,18,21)/b17-11-/t15-/m1/s1. The van der Waals surface area contributed by atoms with Gasteiger partial charge >= 0.3 is 6.03 Å². The minimum atomic E-state index is -1.32. The number of hydroxylamine groups is 3. The van der Waals surface area contributed by atoms with Crippen LogP contribution in [-0.2, 0) is 0 Å². The molecular formula is C15H21N5O3S. The molecule has 1 saturated carbocycles. The van der Waals surface area contributed by atoms with Crippen LogP contribution < -0.4 is 11.2 Å². The number of carbonyl (C=O) groups is 1. The van der Waals surface area contributed by atoms with Crippen LogP contribution in [0.3, 0.4) is 0 Å². The molecule has 0 unspecified atom stereocenters. The Morgan fingerprint density at radius 2 is 2.29 bits per heavy atom. The Bertz CT molecular complexity index is 713. The number of thiophene rings is 1. The topological polar surface area (TPSA) is 117 Å². The van der Waals surface area contributed by atoms with E-state index in [1.165, 1.54) is 11.3 Å². The largest absolute Gasteiger partial charge is 0.622 e. The van der Waals surface area contributed by atoms with Gasteiger partial charge in [0.1, 0.15) is 11.3 Å². The van der Waals surface area contributed by atoms with Gasteiger partial charge in [-0.05, 0) is 44.6 Å². The van der Waals surface area contributed by atoms with Crippen molar-refractivity contribution in [1.29, 1.82) is 0 Å². The number of amides is 2. The van der Waals surface area contributed by atoms with Crippen LogP contribution in [0.15, 0.2) is 22.6 Å². The molecule has 3 rings (SSSR count). The Morgan fingerprint density at radius 1 is 1.54 bits per heavy atom. The van der Waals surface area contributed by atoms with E-state index < -0.39 is 17.2 Å². The molecule has 2 heterocycles. The maximum Gasteiger partial charge on any atom is 0.332 e. The Kier molecular flexibility index (Phi) is 4.10. The van der Waals surface area contributed by atoms with Crippen molar-refractivity contribution in [3.05, 3.63) is 27.6 Å². The zero-order valence-corrected chi connectivity index (χ0v) is 14.5. The summed E-state index contributed by atoms with van der Waals surface area (Å²) >= 11 is 1.45. The molecule has 1 aliphatic carbocycles. The van der Waals surface area contributed by atoms with Crippen LogP contribution in [-0.4, -0.2) is 43.7 Å². The normalized spacial score (nSPS) is 28.7. The van der Waals surface area contributed by atoms with Gasteiger partial charge in [0.25, 0.3) is 5.66 Å². The molecule has 1 aromatic heterocycles. The van der Waals surface area contributed by atoms with Gasteiger partial charge in [0.2, 0.25) is 5.71 Å². The highest BCUT2D eigenvalue weighted by Gasteiger charge is 2.65. The van der Waals surface area contributed by atoms with Gasteiger partial charge in [0.05, 0.1) is 4.88 Å². The summed E-state index contributed by atoms with van der Waals surface area (Å²) < 4.78 is 0.861. The van der Waals surface area contributed by atoms with Crippen molar-refractivity contribution in [2.24, 2.45) is 10.8 Å². The van der Waals surface area contributed by atoms with E-state index in [1.807, 2.05) is 17.5 Å². The molecule has 0 aromatic carbocycles. The Hall–Kier alpha value is -1.97. The molecule has 1 aliphatic heterocycles. The first-order valence-corrected chi connectivity index (χ1v) is 8.70. The van der Waals surface area contributed by atoms with Gasteiger partial charge in [-0.15, -0.1) is 16.4 Å². The SMILES string of the molecule is CC1(C)C(c2cccs2)=[N+]([O-])[C@]2(CCCC/C2=N/NC(N)=O)N1O. The summed E-state index contributed by atoms with van der Waals surface area (Å²) in [4.78, 5) is 11.8. The second-order valence-corrected chi connectivity index (χ2v) is 7.50. The molecule has 1 fully saturated rings. The average molecular weight is 351 g/mol. The summed E-state index contributed by atoms with van der Waals surface area (Å²) in [6.07, 6.45) is 2.53. The van der Waals surface area contributed by atoms with E-state index in [4.69, 9.17) is 5.73 Å². The van der Waals surface area contributed by atoms with Crippen LogP contribution >= 0.6 is 11.3 Å². The molecule has 1 spiro atoms. The molecule has 2 amide bonds. The summed E-state index contributed by atoms with van der Waals surface area (Å²) in [5, 5.41) is 31.3. The second kappa shape index (κ2) is 5.83. The van der Waals surface area contributed by atoms with E-state index >= 15 is 0 Å². The molecular weight excluding hydrogens is 330 g/mol. The number of urea groups is 1. The van der Waals surface area contributed by atoms with E-state index in [2.05, 4.69) is 10.5 Å². The van der Waals surface area contributed by atoms with Crippen molar-refractivity contribution in [2.75, 3.05) is 0 Å². The van der Waals surface area contributed by atoms with Gasteiger partial charge < -0.3 is 16.1 Å². The molecule has 24 heavy (non-hydrogen) atoms. The van der Waals surface area contributed by atoms with Crippen molar-refractivity contribution in [1.82, 2.24) is 10.5 Å². The summed E-state index contributed by atoms with van der Waals surface area (Å²) in [5.41, 5.74) is 6.00. The maximum absolute atomic E-state index is 13.3. The first-order valence-electron chi connectivity index (χ1n) is 7.82. The minimum Gasteiger partial charge on any atom is -0.622 e. The molecule has 9 heteroatoms. The number of primary amides is 1. The monoisotopic (exact) mass is 351 g/mol. The highest BCUT2D eigenvalue weighted by atomic mass is 32.1. The van der Waals surface area contributed by atoms with Gasteiger partial charge in [-0.1, -0.05) is 6.07 Å². The predicted molar refractivity (Wildman–Crippen MR) is 91.1 cm³/mol. The zero-order chi connectivity index (χ0) is 17.5. The van der Waals surface area contributed by atoms with E-state index in [-0.39, 0.29) is 0 Å². The van der Waals surface area contributed by atoms with E-state index in [0.29, 0.717) is 24.3 Å². The lowest BCUT2D eigenvalue weighted by Gasteiger charge is -2.38. The molecule has 0 bridgehead atoms. The third-order valence-electron chi connectivity index (χ3n) is 4.71. The number of hydrogen-bond donors (Lipinski definition) is 3. The van der Waals surface area contributed by atoms with Crippen LogP contribution in [0, 0.1) is 5.21 Å². The number of nitrogens with one attached hydrogen (secondary N) is 1. The number of nitrogens with two attached hydrogens (primary N) is 1. The second-order valence-electron chi connectivity index (χ2n) is 6.55. The van der Waals surface area contributed by atoms with Crippen molar-refractivity contribution < 1.29 is 14.7 Å². The van der Waals surface area contributed by atoms with Crippen molar-refractivity contribution in [2.45, 2.75) is 50.7 Å². The maximum atomic E-state index is 13.3. The first-order chi connectivity index (χ1) is 11.3. The fraction of sp³-hybridized carbons (Fsp3) is 0.533. The number of hydrogen-bond acceptors (Lipinski definition) is 6. The Labute approximate surface area is 143 Å². The average Bonchev–Trinajstić information content (AvgIpc) is 3.09. The highest BCUT2D eigenvalue weighted by Crippen LogP contribution is 2.42. The Balaban J connectivity index is 2.17. The van der Waals surface area contributed by atoms with Crippen LogP contribution in [0.5, 0.6) is 0 Å². The van der Waals surface area contributed by atoms with Crippen LogP contribution in [0.2, 0.25) is 0 Å². The van der Waals surface area contributed by atoms with E-state index in [0.717, 1.165) is 27.5 Å². The van der Waals surface area contributed by atoms with Crippen molar-refractivity contribution in [3.8, 4) is 0 Å². The fourth-order valence-corrected chi connectivity index (χ4v) is 4.53. The van der Waals surface area contributed by atoms with Crippen molar-refractivity contribution in [3.63, 3.8) is 0 Å². The number of carbonyl (C=O) groups excluding carboxylic acids is 1. The lowest BCUT2D eigenvalue weighted by Crippen LogP contribution is -2.61. The summed E-state index contributed by atoms with van der Waals surface area (Å²) in [5.74, 6) is 0. The van der Waals surface area contributed by atoms with Crippen LogP contribution in [0.4, 0.5) is 4.79 Å². The highest BCUT2D eigenvalue weighted by molar-refractivity contribution is 7.12. The van der Waals surface area contributed by atoms with E-state index in [1.54, 1.807) is 13.8 Å². The summed E-state index contributed by atoms with van der Waals surface area (Å²) in [6.45, 7) is 3.60. The molecule has 130 valence electrons. The number of hydrazone groups is 1. The smallest absolute Gasteiger partial charge is 0.332 e. The lowest BCUT2D eigenvalue weighted by molar-refractivity contribution is -0.568. The molecule has 2 aliphatic rings. The van der Waals surface area contributed by atoms with E-state index in [9.17, 15) is 15.2 Å². The predicted octanol–water partition coefficient (Wildman–Crippen LogP) is 1.83. The zero-order valence-electron chi connectivity index (χ0n) is 13.7. The third-order valence-corrected chi connectivity index (χ3v) is 5.58. The third kappa shape index (κ3) is 2.31. The lowest BCUT2D eigenvalue weighted by atomic mass is 9.86. The minimum absolute atomic E-state index is 0.421. The van der Waals surface area contributed by atoms with Gasteiger partial charge in [-0.3, -0.25) is 0 Å². The number of nitrogens with zero attached hydrogens (tertiary/aromatic N) is 3. The summed E-state index contributed by atoms with van der Waals surface area (Å²) in [6, 6.07) is 2.93. The van der Waals surface area contributed by atoms with Gasteiger partial charge in [-0.25, -0.2) is 10.2 Å². The van der Waals surface area contributed by atoms with Gasteiger partial charge in [0, 0.05) is 6.42 Å². The molecule has 0 radical (unpaired) electrons. The van der Waals surface area contributed by atoms with Gasteiger partial charge in [0.15, 0.2) is 0 Å². The fourth-order valence-electron chi connectivity index (χ4n) is 3.62. The first kappa shape index (κ1) is 16.9.